The maximum Gasteiger partial charge on any atom is 0.326 e. The van der Waals surface area contributed by atoms with E-state index in [0.29, 0.717) is 12.8 Å². The first-order valence-corrected chi connectivity index (χ1v) is 3.26. The van der Waals surface area contributed by atoms with Crippen LogP contribution in [0.2, 0.25) is 0 Å². The quantitative estimate of drug-likeness (QED) is 0.441. The van der Waals surface area contributed by atoms with Crippen LogP contribution in [0.5, 0.6) is 0 Å². The number of carbonyl (C=O) groups is 2. The van der Waals surface area contributed by atoms with Crippen LogP contribution in [0.1, 0.15) is 13.3 Å². The molecule has 0 aromatic rings. The van der Waals surface area contributed by atoms with E-state index in [0.717, 1.165) is 0 Å². The maximum atomic E-state index is 10.3. The molecule has 4 heteroatoms. The van der Waals surface area contributed by atoms with Crippen molar-refractivity contribution >= 4 is 12.4 Å². The van der Waals surface area contributed by atoms with E-state index in [9.17, 15) is 9.59 Å². The molecule has 0 spiro atoms. The predicted octanol–water partition coefficient (Wildman–Crippen LogP) is 0.152. The molecule has 0 bridgehead atoms. The van der Waals surface area contributed by atoms with E-state index in [1.54, 1.807) is 19.1 Å². The second kappa shape index (κ2) is 5.46. The minimum absolute atomic E-state index is 0.324. The summed E-state index contributed by atoms with van der Waals surface area (Å²) < 4.78 is 0. The van der Waals surface area contributed by atoms with Gasteiger partial charge in [-0.2, -0.15) is 0 Å². The third kappa shape index (κ3) is 4.13. The van der Waals surface area contributed by atoms with Crippen molar-refractivity contribution in [2.45, 2.75) is 19.4 Å². The Labute approximate surface area is 64.9 Å². The number of amides is 1. The van der Waals surface area contributed by atoms with Gasteiger partial charge in [-0.05, 0) is 13.3 Å². The second-order valence-corrected chi connectivity index (χ2v) is 1.98. The van der Waals surface area contributed by atoms with Crippen LogP contribution in [0.15, 0.2) is 12.2 Å². The molecule has 4 nitrogen and oxygen atoms in total. The molecule has 62 valence electrons. The number of allylic oxidation sites excluding steroid dienone is 1. The number of hydrogen-bond donors (Lipinski definition) is 2. The lowest BCUT2D eigenvalue weighted by Crippen LogP contribution is -2.35. The highest BCUT2D eigenvalue weighted by Gasteiger charge is 2.12. The topological polar surface area (TPSA) is 66.4 Å². The highest BCUT2D eigenvalue weighted by molar-refractivity contribution is 5.76. The van der Waals surface area contributed by atoms with Gasteiger partial charge in [-0.25, -0.2) is 4.79 Å². The number of aliphatic carboxylic acids is 1. The zero-order chi connectivity index (χ0) is 8.69. The zero-order valence-electron chi connectivity index (χ0n) is 6.28. The van der Waals surface area contributed by atoms with Gasteiger partial charge in [0, 0.05) is 0 Å². The van der Waals surface area contributed by atoms with E-state index >= 15 is 0 Å². The van der Waals surface area contributed by atoms with Gasteiger partial charge in [0.15, 0.2) is 0 Å². The molecule has 0 aromatic carbocycles. The van der Waals surface area contributed by atoms with Crippen LogP contribution < -0.4 is 5.32 Å². The molecular weight excluding hydrogens is 146 g/mol. The number of rotatable bonds is 5. The monoisotopic (exact) mass is 157 g/mol. The number of carbonyl (C=O) groups excluding carboxylic acids is 1. The van der Waals surface area contributed by atoms with E-state index in [-0.39, 0.29) is 0 Å². The fourth-order valence-electron chi connectivity index (χ4n) is 0.594. The fraction of sp³-hybridized carbons (Fsp3) is 0.429. The second-order valence-electron chi connectivity index (χ2n) is 1.98. The van der Waals surface area contributed by atoms with Crippen molar-refractivity contribution in [3.8, 4) is 0 Å². The lowest BCUT2D eigenvalue weighted by atomic mass is 10.2. The van der Waals surface area contributed by atoms with Crippen LogP contribution in [0, 0.1) is 0 Å². The summed E-state index contributed by atoms with van der Waals surface area (Å²) in [4.78, 5) is 20.2. The molecule has 0 fully saturated rings. The van der Waals surface area contributed by atoms with Gasteiger partial charge in [0.2, 0.25) is 6.41 Å². The zero-order valence-corrected chi connectivity index (χ0v) is 6.28. The van der Waals surface area contributed by atoms with Crippen LogP contribution in [-0.2, 0) is 9.59 Å². The fourth-order valence-corrected chi connectivity index (χ4v) is 0.594. The Kier molecular flexibility index (Phi) is 4.81. The van der Waals surface area contributed by atoms with Gasteiger partial charge in [0.1, 0.15) is 6.04 Å². The van der Waals surface area contributed by atoms with Gasteiger partial charge in [-0.3, -0.25) is 4.79 Å². The van der Waals surface area contributed by atoms with Gasteiger partial charge >= 0.3 is 5.97 Å². The molecule has 0 saturated carbocycles. The smallest absolute Gasteiger partial charge is 0.326 e. The molecule has 0 radical (unpaired) electrons. The minimum Gasteiger partial charge on any atom is -0.480 e. The summed E-state index contributed by atoms with van der Waals surface area (Å²) in [6.45, 7) is 1.79. The Balaban J connectivity index is 3.88. The highest BCUT2D eigenvalue weighted by atomic mass is 16.4. The molecule has 0 aliphatic carbocycles. The van der Waals surface area contributed by atoms with Crippen molar-refractivity contribution in [1.29, 1.82) is 0 Å². The molecule has 1 unspecified atom stereocenters. The third-order valence-electron chi connectivity index (χ3n) is 1.17. The summed E-state index contributed by atoms with van der Waals surface area (Å²) in [5, 5.41) is 10.7. The van der Waals surface area contributed by atoms with Gasteiger partial charge in [-0.1, -0.05) is 12.2 Å². The van der Waals surface area contributed by atoms with Crippen molar-refractivity contribution in [3.05, 3.63) is 12.2 Å². The van der Waals surface area contributed by atoms with Gasteiger partial charge in [0.25, 0.3) is 0 Å². The first kappa shape index (κ1) is 9.68. The van der Waals surface area contributed by atoms with Gasteiger partial charge in [0.05, 0.1) is 0 Å². The van der Waals surface area contributed by atoms with E-state index in [1.807, 2.05) is 0 Å². The molecule has 0 aliphatic rings. The van der Waals surface area contributed by atoms with E-state index in [2.05, 4.69) is 5.32 Å². The molecule has 1 atom stereocenters. The lowest BCUT2D eigenvalue weighted by molar-refractivity contribution is -0.140. The Morgan fingerprint density at radius 3 is 2.73 bits per heavy atom. The number of carboxylic acids is 1. The van der Waals surface area contributed by atoms with E-state index in [1.165, 1.54) is 0 Å². The molecule has 0 heterocycles. The first-order valence-electron chi connectivity index (χ1n) is 3.26. The molecule has 0 aromatic heterocycles. The Bertz CT molecular complexity index is 165. The van der Waals surface area contributed by atoms with Crippen LogP contribution in [0.25, 0.3) is 0 Å². The molecular formula is C7H11NO3. The van der Waals surface area contributed by atoms with Gasteiger partial charge < -0.3 is 10.4 Å². The molecule has 1 amide bonds. The van der Waals surface area contributed by atoms with Crippen molar-refractivity contribution in [2.75, 3.05) is 0 Å². The Morgan fingerprint density at radius 1 is 1.73 bits per heavy atom. The highest BCUT2D eigenvalue weighted by Crippen LogP contribution is 1.92. The molecule has 0 saturated heterocycles. The molecule has 0 aliphatic heterocycles. The molecule has 11 heavy (non-hydrogen) atoms. The average Bonchev–Trinajstić information content (AvgIpc) is 1.97. The lowest BCUT2D eigenvalue weighted by Gasteiger charge is -2.06. The van der Waals surface area contributed by atoms with Crippen LogP contribution >= 0.6 is 0 Å². The summed E-state index contributed by atoms with van der Waals surface area (Å²) in [6.07, 6.45) is 4.14. The summed E-state index contributed by atoms with van der Waals surface area (Å²) in [7, 11) is 0. The van der Waals surface area contributed by atoms with Gasteiger partial charge in [-0.15, -0.1) is 0 Å². The summed E-state index contributed by atoms with van der Waals surface area (Å²) in [5.74, 6) is -1.02. The Hall–Kier alpha value is -1.32. The average molecular weight is 157 g/mol. The molecule has 0 rings (SSSR count). The van der Waals surface area contributed by atoms with Crippen LogP contribution in [0.3, 0.4) is 0 Å². The van der Waals surface area contributed by atoms with Crippen LogP contribution in [-0.4, -0.2) is 23.5 Å². The van der Waals surface area contributed by atoms with E-state index < -0.39 is 12.0 Å². The number of hydrogen-bond acceptors (Lipinski definition) is 2. The van der Waals surface area contributed by atoms with Crippen molar-refractivity contribution in [2.24, 2.45) is 0 Å². The van der Waals surface area contributed by atoms with Crippen LogP contribution in [0.4, 0.5) is 0 Å². The number of carboxylic acid groups (broad SMARTS) is 1. The minimum atomic E-state index is -1.02. The number of nitrogens with one attached hydrogen (secondary N) is 1. The van der Waals surface area contributed by atoms with Crippen molar-refractivity contribution in [1.82, 2.24) is 5.32 Å². The standard InChI is InChI=1S/C7H11NO3/c1-2-3-4-6(7(10)11)8-5-9/h2-3,5-6H,4H2,1H3,(H,8,9)(H,10,11). The largest absolute Gasteiger partial charge is 0.480 e. The summed E-state index contributed by atoms with van der Waals surface area (Å²) in [6, 6.07) is -0.802. The van der Waals surface area contributed by atoms with E-state index in [4.69, 9.17) is 5.11 Å². The van der Waals surface area contributed by atoms with Crippen molar-refractivity contribution < 1.29 is 14.7 Å². The summed E-state index contributed by atoms with van der Waals surface area (Å²) in [5.41, 5.74) is 0. The summed E-state index contributed by atoms with van der Waals surface area (Å²) >= 11 is 0. The maximum absolute atomic E-state index is 10.3. The SMILES string of the molecule is CC=CCC(NC=O)C(=O)O. The molecule has 2 N–H and O–H groups in total. The third-order valence-corrected chi connectivity index (χ3v) is 1.17. The predicted molar refractivity (Wildman–Crippen MR) is 40.1 cm³/mol. The first-order chi connectivity index (χ1) is 5.22. The van der Waals surface area contributed by atoms with Crippen molar-refractivity contribution in [3.63, 3.8) is 0 Å². The normalized spacial score (nSPS) is 12.8. The Morgan fingerprint density at radius 2 is 2.36 bits per heavy atom.